The molecule has 3 N–H and O–H groups in total. The van der Waals surface area contributed by atoms with E-state index < -0.39 is 42.3 Å². The van der Waals surface area contributed by atoms with Gasteiger partial charge >= 0.3 is 0 Å². The summed E-state index contributed by atoms with van der Waals surface area (Å²) in [5, 5.41) is 23.1. The van der Waals surface area contributed by atoms with Crippen LogP contribution in [0.3, 0.4) is 0 Å². The van der Waals surface area contributed by atoms with E-state index in [2.05, 4.69) is 10.3 Å². The average Bonchev–Trinajstić information content (AvgIpc) is 3.29. The van der Waals surface area contributed by atoms with Gasteiger partial charge in [-0.05, 0) is 12.8 Å². The first-order valence-corrected chi connectivity index (χ1v) is 10.5. The molecule has 1 aromatic rings. The lowest BCUT2D eigenvalue weighted by Crippen LogP contribution is -2.46. The highest BCUT2D eigenvalue weighted by Crippen LogP contribution is 2.37. The third kappa shape index (κ3) is 3.75. The van der Waals surface area contributed by atoms with E-state index in [0.29, 0.717) is 25.1 Å². The molecule has 2 aliphatic heterocycles. The van der Waals surface area contributed by atoms with Crippen molar-refractivity contribution in [3.05, 3.63) is 17.7 Å². The summed E-state index contributed by atoms with van der Waals surface area (Å²) in [5.41, 5.74) is 0.528. The zero-order chi connectivity index (χ0) is 22.0. The Morgan fingerprint density at radius 1 is 1.20 bits per heavy atom. The van der Waals surface area contributed by atoms with Crippen LogP contribution in [0.4, 0.5) is 0 Å². The van der Waals surface area contributed by atoms with E-state index in [9.17, 15) is 24.6 Å². The van der Waals surface area contributed by atoms with Crippen molar-refractivity contribution in [3.63, 3.8) is 0 Å². The molecule has 10 nitrogen and oxygen atoms in total. The van der Waals surface area contributed by atoms with Gasteiger partial charge < -0.3 is 20.3 Å². The summed E-state index contributed by atoms with van der Waals surface area (Å²) in [5.74, 6) is -1.88. The van der Waals surface area contributed by atoms with Crippen LogP contribution in [0.15, 0.2) is 6.33 Å². The number of aliphatic hydroxyl groups is 2. The molecule has 3 heterocycles. The minimum absolute atomic E-state index is 0.167. The molecule has 0 saturated carbocycles. The van der Waals surface area contributed by atoms with Gasteiger partial charge in [-0.3, -0.25) is 23.9 Å². The number of imidazole rings is 1. The van der Waals surface area contributed by atoms with Crippen LogP contribution in [-0.2, 0) is 14.3 Å². The monoisotopic (exact) mass is 422 g/mol. The number of amides is 3. The number of likely N-dealkylation sites (N-methyl/N-ethyl adjacent to an activating group) is 1. The van der Waals surface area contributed by atoms with Crippen molar-refractivity contribution in [1.29, 1.82) is 0 Å². The first-order valence-electron chi connectivity index (χ1n) is 10.5. The lowest BCUT2D eigenvalue weighted by Gasteiger charge is -2.31. The number of carbonyl (C=O) groups excluding carboxylic acids is 3. The van der Waals surface area contributed by atoms with Crippen LogP contribution in [0.25, 0.3) is 0 Å². The number of hydrogen-bond donors (Lipinski definition) is 3. The number of nitrogens with zero attached hydrogens (tertiary/aromatic N) is 3. The fourth-order valence-corrected chi connectivity index (χ4v) is 4.02. The molecule has 5 unspecified atom stereocenters. The molecule has 1 fully saturated rings. The summed E-state index contributed by atoms with van der Waals surface area (Å²) in [6.07, 6.45) is -0.233. The van der Waals surface area contributed by atoms with E-state index in [1.54, 1.807) is 0 Å². The number of rotatable bonds is 8. The highest BCUT2D eigenvalue weighted by molar-refractivity contribution is 6.10. The fraction of sp³-hybridized carbons (Fsp3) is 0.700. The molecule has 0 bridgehead atoms. The van der Waals surface area contributed by atoms with Crippen LogP contribution in [0, 0.1) is 0 Å². The molecule has 10 heteroatoms. The van der Waals surface area contributed by atoms with E-state index in [4.69, 9.17) is 4.74 Å². The molecule has 2 aliphatic rings. The maximum absolute atomic E-state index is 13.2. The molecule has 1 aromatic heterocycles. The fourth-order valence-electron chi connectivity index (χ4n) is 4.02. The minimum Gasteiger partial charge on any atom is -0.387 e. The predicted octanol–water partition coefficient (Wildman–Crippen LogP) is 0.305. The molecular weight excluding hydrogens is 392 g/mol. The van der Waals surface area contributed by atoms with Crippen molar-refractivity contribution in [2.45, 2.75) is 76.4 Å². The van der Waals surface area contributed by atoms with E-state index in [0.717, 1.165) is 19.3 Å². The van der Waals surface area contributed by atoms with Gasteiger partial charge in [-0.25, -0.2) is 4.98 Å². The zero-order valence-electron chi connectivity index (χ0n) is 17.6. The van der Waals surface area contributed by atoms with Gasteiger partial charge in [0.15, 0.2) is 12.3 Å². The maximum atomic E-state index is 13.2. The molecule has 166 valence electrons. The summed E-state index contributed by atoms with van der Waals surface area (Å²) in [6.45, 7) is 4.31. The molecule has 3 amide bonds. The van der Waals surface area contributed by atoms with Crippen molar-refractivity contribution in [3.8, 4) is 0 Å². The largest absolute Gasteiger partial charge is 0.387 e. The topological polar surface area (TPSA) is 134 Å². The van der Waals surface area contributed by atoms with Gasteiger partial charge in [-0.1, -0.05) is 33.1 Å². The Bertz CT molecular complexity index is 809. The van der Waals surface area contributed by atoms with Crippen LogP contribution >= 0.6 is 0 Å². The molecule has 0 spiro atoms. The molecule has 30 heavy (non-hydrogen) atoms. The number of fused-ring (bicyclic) bond motifs is 1. The molecule has 3 rings (SSSR count). The average molecular weight is 422 g/mol. The number of ether oxygens (including phenoxy) is 1. The number of aromatic nitrogens is 2. The van der Waals surface area contributed by atoms with Crippen molar-refractivity contribution >= 4 is 17.7 Å². The van der Waals surface area contributed by atoms with Crippen molar-refractivity contribution in [1.82, 2.24) is 19.8 Å². The van der Waals surface area contributed by atoms with Crippen LogP contribution in [0.1, 0.15) is 74.3 Å². The minimum atomic E-state index is -1.46. The van der Waals surface area contributed by atoms with Crippen LogP contribution in [0.2, 0.25) is 0 Å². The van der Waals surface area contributed by atoms with E-state index in [1.165, 1.54) is 22.8 Å². The number of hydrogen-bond acceptors (Lipinski definition) is 7. The van der Waals surface area contributed by atoms with Gasteiger partial charge in [-0.15, -0.1) is 0 Å². The molecule has 0 aromatic carbocycles. The molecule has 1 saturated heterocycles. The summed E-state index contributed by atoms with van der Waals surface area (Å²) in [7, 11) is 1.40. The van der Waals surface area contributed by atoms with Crippen molar-refractivity contribution in [2.75, 3.05) is 13.6 Å². The summed E-state index contributed by atoms with van der Waals surface area (Å²) >= 11 is 0. The normalized spacial score (nSPS) is 28.7. The Hall–Kier alpha value is -2.30. The number of imide groups is 1. The SMILES string of the molecule is CCCCC1C(=O)N(CCCC)C(=O)c2c1ncn2C1OC(C(=O)NC)C(O)C1O. The quantitative estimate of drug-likeness (QED) is 0.513. The lowest BCUT2D eigenvalue weighted by atomic mass is 9.91. The lowest BCUT2D eigenvalue weighted by molar-refractivity contribution is -0.137. The zero-order valence-corrected chi connectivity index (χ0v) is 17.6. The number of unbranched alkanes of at least 4 members (excludes halogenated alkanes) is 2. The first-order chi connectivity index (χ1) is 14.4. The van der Waals surface area contributed by atoms with E-state index in [1.807, 2.05) is 13.8 Å². The molecule has 5 atom stereocenters. The second-order valence-electron chi connectivity index (χ2n) is 7.77. The highest BCUT2D eigenvalue weighted by atomic mass is 16.6. The predicted molar refractivity (Wildman–Crippen MR) is 105 cm³/mol. The smallest absolute Gasteiger partial charge is 0.279 e. The van der Waals surface area contributed by atoms with Crippen LogP contribution in [0.5, 0.6) is 0 Å². The van der Waals surface area contributed by atoms with Gasteiger partial charge in [0.05, 0.1) is 17.9 Å². The van der Waals surface area contributed by atoms with Gasteiger partial charge in [-0.2, -0.15) is 0 Å². The van der Waals surface area contributed by atoms with Gasteiger partial charge in [0, 0.05) is 13.6 Å². The third-order valence-electron chi connectivity index (χ3n) is 5.76. The summed E-state index contributed by atoms with van der Waals surface area (Å²) < 4.78 is 6.96. The molecule has 0 aliphatic carbocycles. The van der Waals surface area contributed by atoms with Crippen LogP contribution < -0.4 is 5.32 Å². The first kappa shape index (κ1) is 22.4. The Labute approximate surface area is 175 Å². The molecular formula is C20H30N4O6. The highest BCUT2D eigenvalue weighted by Gasteiger charge is 2.50. The maximum Gasteiger partial charge on any atom is 0.279 e. The Balaban J connectivity index is 2.00. The van der Waals surface area contributed by atoms with E-state index in [-0.39, 0.29) is 11.6 Å². The Morgan fingerprint density at radius 2 is 1.90 bits per heavy atom. The van der Waals surface area contributed by atoms with Crippen LogP contribution in [-0.4, -0.2) is 74.3 Å². The molecule has 0 radical (unpaired) electrons. The third-order valence-corrected chi connectivity index (χ3v) is 5.76. The number of nitrogens with one attached hydrogen (secondary N) is 1. The standard InChI is InChI=1S/C20H30N4O6/c1-4-6-8-11-12-13(19(29)23(18(11)28)9-7-5-2)24(10-22-12)20-15(26)14(25)16(30-20)17(27)21-3/h10-11,14-16,20,25-26H,4-9H2,1-3H3,(H,21,27). The summed E-state index contributed by atoms with van der Waals surface area (Å²) in [4.78, 5) is 43.8. The number of aliphatic hydroxyl groups excluding tert-OH is 2. The van der Waals surface area contributed by atoms with Crippen molar-refractivity contribution in [2.24, 2.45) is 0 Å². The number of carbonyl (C=O) groups is 3. The van der Waals surface area contributed by atoms with Gasteiger partial charge in [0.25, 0.3) is 11.8 Å². The van der Waals surface area contributed by atoms with Crippen molar-refractivity contribution < 1.29 is 29.3 Å². The second kappa shape index (κ2) is 9.23. The van der Waals surface area contributed by atoms with Gasteiger partial charge in [0.1, 0.15) is 17.9 Å². The second-order valence-corrected chi connectivity index (χ2v) is 7.77. The Kier molecular flexibility index (Phi) is 6.89. The van der Waals surface area contributed by atoms with E-state index >= 15 is 0 Å². The summed E-state index contributed by atoms with van der Waals surface area (Å²) in [6, 6.07) is 0. The Morgan fingerprint density at radius 3 is 2.53 bits per heavy atom. The van der Waals surface area contributed by atoms with Gasteiger partial charge in [0.2, 0.25) is 5.91 Å².